The summed E-state index contributed by atoms with van der Waals surface area (Å²) in [7, 11) is 1.34. The molecule has 102 valence electrons. The number of nitrogens with one attached hydrogen (secondary N) is 1. The van der Waals surface area contributed by atoms with Crippen LogP contribution in [0.15, 0.2) is 16.5 Å². The van der Waals surface area contributed by atoms with Gasteiger partial charge in [-0.05, 0) is 31.4 Å². The molecule has 1 heterocycles. The zero-order valence-corrected chi connectivity index (χ0v) is 11.7. The van der Waals surface area contributed by atoms with Gasteiger partial charge in [0.1, 0.15) is 5.76 Å². The maximum Gasteiger partial charge on any atom is 0.373 e. The highest BCUT2D eigenvalue weighted by Gasteiger charge is 2.12. The number of furan rings is 1. The van der Waals surface area contributed by atoms with E-state index in [0.717, 1.165) is 18.1 Å². The number of carbonyl (C=O) groups excluding carboxylic acids is 1. The first-order valence-electron chi connectivity index (χ1n) is 6.47. The monoisotopic (exact) mass is 253 g/mol. The molecule has 0 amide bonds. The second kappa shape index (κ2) is 7.21. The Labute approximate surface area is 109 Å². The smallest absolute Gasteiger partial charge is 0.373 e. The largest absolute Gasteiger partial charge is 0.463 e. The summed E-state index contributed by atoms with van der Waals surface area (Å²) in [4.78, 5) is 11.2. The third-order valence-electron chi connectivity index (χ3n) is 3.13. The van der Waals surface area contributed by atoms with Crippen LogP contribution in [0.4, 0.5) is 0 Å². The van der Waals surface area contributed by atoms with Crippen LogP contribution < -0.4 is 5.32 Å². The van der Waals surface area contributed by atoms with Gasteiger partial charge in [0.05, 0.1) is 13.7 Å². The standard InChI is InChI=1S/C14H23NO3/c1-5-10(2)8-11(3)15-9-12-6-7-13(18-12)14(16)17-4/h6-7,10-11,15H,5,8-9H2,1-4H3. The molecular weight excluding hydrogens is 230 g/mol. The van der Waals surface area contributed by atoms with Crippen molar-refractivity contribution in [2.24, 2.45) is 5.92 Å². The third-order valence-corrected chi connectivity index (χ3v) is 3.13. The van der Waals surface area contributed by atoms with E-state index in [0.29, 0.717) is 12.6 Å². The van der Waals surface area contributed by atoms with Gasteiger partial charge in [0.15, 0.2) is 0 Å². The number of ether oxygens (including phenoxy) is 1. The number of esters is 1. The molecule has 0 saturated carbocycles. The van der Waals surface area contributed by atoms with Crippen LogP contribution in [0.5, 0.6) is 0 Å². The van der Waals surface area contributed by atoms with Gasteiger partial charge >= 0.3 is 5.97 Å². The third kappa shape index (κ3) is 4.53. The van der Waals surface area contributed by atoms with Crippen LogP contribution in [0, 0.1) is 5.92 Å². The molecule has 2 atom stereocenters. The van der Waals surface area contributed by atoms with Crippen LogP contribution >= 0.6 is 0 Å². The summed E-state index contributed by atoms with van der Waals surface area (Å²) in [6.45, 7) is 7.25. The van der Waals surface area contributed by atoms with Crippen molar-refractivity contribution in [1.29, 1.82) is 0 Å². The molecular formula is C14H23NO3. The van der Waals surface area contributed by atoms with E-state index in [4.69, 9.17) is 4.42 Å². The summed E-state index contributed by atoms with van der Waals surface area (Å²) in [5, 5.41) is 3.39. The van der Waals surface area contributed by atoms with Crippen LogP contribution in [-0.4, -0.2) is 19.1 Å². The molecule has 1 N–H and O–H groups in total. The Morgan fingerprint density at radius 1 is 1.44 bits per heavy atom. The van der Waals surface area contributed by atoms with E-state index in [1.54, 1.807) is 12.1 Å². The topological polar surface area (TPSA) is 51.5 Å². The first kappa shape index (κ1) is 14.8. The lowest BCUT2D eigenvalue weighted by Gasteiger charge is -2.16. The summed E-state index contributed by atoms with van der Waals surface area (Å²) in [5.41, 5.74) is 0. The van der Waals surface area contributed by atoms with Gasteiger partial charge in [-0.1, -0.05) is 20.3 Å². The second-order valence-corrected chi connectivity index (χ2v) is 4.79. The lowest BCUT2D eigenvalue weighted by atomic mass is 10.0. The summed E-state index contributed by atoms with van der Waals surface area (Å²) >= 11 is 0. The molecule has 0 aliphatic rings. The Balaban J connectivity index is 2.39. The minimum Gasteiger partial charge on any atom is -0.463 e. The SMILES string of the molecule is CCC(C)CC(C)NCc1ccc(C(=O)OC)o1. The number of hydrogen-bond acceptors (Lipinski definition) is 4. The highest BCUT2D eigenvalue weighted by atomic mass is 16.5. The fourth-order valence-electron chi connectivity index (χ4n) is 1.81. The fraction of sp³-hybridized carbons (Fsp3) is 0.643. The van der Waals surface area contributed by atoms with Crippen molar-refractivity contribution in [3.05, 3.63) is 23.7 Å². The van der Waals surface area contributed by atoms with Crippen molar-refractivity contribution in [1.82, 2.24) is 5.32 Å². The molecule has 4 heteroatoms. The van der Waals surface area contributed by atoms with Crippen LogP contribution in [0.2, 0.25) is 0 Å². The molecule has 0 saturated heterocycles. The number of carbonyl (C=O) groups is 1. The molecule has 0 aromatic carbocycles. The van der Waals surface area contributed by atoms with Crippen LogP contribution in [0.25, 0.3) is 0 Å². The molecule has 0 fully saturated rings. The Bertz CT molecular complexity index is 373. The van der Waals surface area contributed by atoms with Crippen molar-refractivity contribution < 1.29 is 13.9 Å². The lowest BCUT2D eigenvalue weighted by molar-refractivity contribution is 0.0563. The van der Waals surface area contributed by atoms with Crippen LogP contribution in [0.3, 0.4) is 0 Å². The average molecular weight is 253 g/mol. The van der Waals surface area contributed by atoms with Gasteiger partial charge < -0.3 is 14.5 Å². The molecule has 0 aliphatic heterocycles. The predicted octanol–water partition coefficient (Wildman–Crippen LogP) is 2.98. The molecule has 1 aromatic rings. The van der Waals surface area contributed by atoms with E-state index in [1.165, 1.54) is 13.5 Å². The Hall–Kier alpha value is -1.29. The predicted molar refractivity (Wildman–Crippen MR) is 70.4 cm³/mol. The summed E-state index contributed by atoms with van der Waals surface area (Å²) in [6.07, 6.45) is 2.33. The highest BCUT2D eigenvalue weighted by Crippen LogP contribution is 2.12. The molecule has 1 rings (SSSR count). The van der Waals surface area contributed by atoms with Crippen molar-refractivity contribution >= 4 is 5.97 Å². The molecule has 18 heavy (non-hydrogen) atoms. The van der Waals surface area contributed by atoms with Gasteiger partial charge in [-0.25, -0.2) is 4.79 Å². The van der Waals surface area contributed by atoms with E-state index >= 15 is 0 Å². The summed E-state index contributed by atoms with van der Waals surface area (Å²) < 4.78 is 9.97. The van der Waals surface area contributed by atoms with Crippen molar-refractivity contribution in [3.8, 4) is 0 Å². The first-order valence-corrected chi connectivity index (χ1v) is 6.47. The number of hydrogen-bond donors (Lipinski definition) is 1. The van der Waals surface area contributed by atoms with Gasteiger partial charge in [0, 0.05) is 6.04 Å². The van der Waals surface area contributed by atoms with Gasteiger partial charge in [0.2, 0.25) is 5.76 Å². The maximum absolute atomic E-state index is 11.2. The molecule has 0 spiro atoms. The molecule has 4 nitrogen and oxygen atoms in total. The summed E-state index contributed by atoms with van der Waals surface area (Å²) in [6, 6.07) is 3.88. The quantitative estimate of drug-likeness (QED) is 0.759. The van der Waals surface area contributed by atoms with Crippen molar-refractivity contribution in [3.63, 3.8) is 0 Å². The zero-order chi connectivity index (χ0) is 13.5. The van der Waals surface area contributed by atoms with Crippen LogP contribution in [-0.2, 0) is 11.3 Å². The first-order chi connectivity index (χ1) is 8.56. The van der Waals surface area contributed by atoms with Gasteiger partial charge in [-0.15, -0.1) is 0 Å². The number of rotatable bonds is 7. The van der Waals surface area contributed by atoms with E-state index in [2.05, 4.69) is 30.8 Å². The van der Waals surface area contributed by atoms with Gasteiger partial charge in [0.25, 0.3) is 0 Å². The van der Waals surface area contributed by atoms with Gasteiger partial charge in [-0.2, -0.15) is 0 Å². The highest BCUT2D eigenvalue weighted by molar-refractivity contribution is 5.86. The fourth-order valence-corrected chi connectivity index (χ4v) is 1.81. The summed E-state index contributed by atoms with van der Waals surface area (Å²) in [5.74, 6) is 1.29. The Morgan fingerprint density at radius 2 is 2.17 bits per heavy atom. The molecule has 0 radical (unpaired) electrons. The van der Waals surface area contributed by atoms with E-state index in [1.807, 2.05) is 0 Å². The van der Waals surface area contributed by atoms with E-state index in [-0.39, 0.29) is 5.76 Å². The van der Waals surface area contributed by atoms with Crippen LogP contribution in [0.1, 0.15) is 49.9 Å². The van der Waals surface area contributed by atoms with Gasteiger partial charge in [-0.3, -0.25) is 0 Å². The molecule has 0 aliphatic carbocycles. The maximum atomic E-state index is 11.2. The Morgan fingerprint density at radius 3 is 2.78 bits per heavy atom. The average Bonchev–Trinajstić information content (AvgIpc) is 2.84. The zero-order valence-electron chi connectivity index (χ0n) is 11.7. The lowest BCUT2D eigenvalue weighted by Crippen LogP contribution is -2.27. The minimum atomic E-state index is -0.436. The number of methoxy groups -OCH3 is 1. The van der Waals surface area contributed by atoms with Crippen molar-refractivity contribution in [2.75, 3.05) is 7.11 Å². The van der Waals surface area contributed by atoms with Crippen molar-refractivity contribution in [2.45, 2.75) is 46.2 Å². The normalized spacial score (nSPS) is 14.2. The minimum absolute atomic E-state index is 0.254. The van der Waals surface area contributed by atoms with E-state index < -0.39 is 5.97 Å². The molecule has 0 bridgehead atoms. The van der Waals surface area contributed by atoms with E-state index in [9.17, 15) is 4.79 Å². The molecule has 1 aromatic heterocycles. The second-order valence-electron chi connectivity index (χ2n) is 4.79. The Kier molecular flexibility index (Phi) is 5.92. The molecule has 2 unspecified atom stereocenters.